The van der Waals surface area contributed by atoms with Gasteiger partial charge in [-0.15, -0.1) is 0 Å². The zero-order chi connectivity index (χ0) is 34.9. The lowest BCUT2D eigenvalue weighted by atomic mass is 9.92. The predicted octanol–water partition coefficient (Wildman–Crippen LogP) is 4.01. The first-order valence-corrected chi connectivity index (χ1v) is 16.3. The molecular formula is C32H32F2N4O9S. The van der Waals surface area contributed by atoms with Gasteiger partial charge in [0.1, 0.15) is 11.9 Å². The fourth-order valence-corrected chi connectivity index (χ4v) is 7.66. The lowest BCUT2D eigenvalue weighted by Crippen LogP contribution is -2.40. The number of aliphatic carboxylic acids is 1. The van der Waals surface area contributed by atoms with E-state index in [9.17, 15) is 37.1 Å². The number of nitrogens with zero attached hydrogens (tertiary/aromatic N) is 1. The number of nitrogens with one attached hydrogen (secondary N) is 2. The van der Waals surface area contributed by atoms with Gasteiger partial charge in [-0.2, -0.15) is 0 Å². The maximum absolute atomic E-state index is 15.1. The number of likely N-dealkylation sites (tertiary alicyclic amines) is 1. The van der Waals surface area contributed by atoms with Crippen molar-refractivity contribution < 1.29 is 51.0 Å². The van der Waals surface area contributed by atoms with E-state index in [2.05, 4.69) is 15.4 Å². The molecule has 5 rings (SSSR count). The van der Waals surface area contributed by atoms with Gasteiger partial charge in [-0.05, 0) is 78.9 Å². The molecule has 3 amide bonds. The largest absolute Gasteiger partial charge is 0.494 e. The molecule has 1 saturated heterocycles. The van der Waals surface area contributed by atoms with Crippen molar-refractivity contribution in [1.29, 1.82) is 0 Å². The van der Waals surface area contributed by atoms with E-state index < -0.39 is 68.6 Å². The quantitative estimate of drug-likeness (QED) is 0.229. The highest BCUT2D eigenvalue weighted by Gasteiger charge is 2.48. The lowest BCUT2D eigenvalue weighted by molar-refractivity contribution is -0.143. The normalized spacial score (nSPS) is 18.1. The smallest absolute Gasteiger partial charge is 0.411 e. The van der Waals surface area contributed by atoms with E-state index in [4.69, 9.17) is 10.5 Å². The number of methoxy groups -OCH3 is 2. The van der Waals surface area contributed by atoms with Crippen LogP contribution in [0.15, 0.2) is 59.5 Å². The summed E-state index contributed by atoms with van der Waals surface area (Å²) in [5.41, 5.74) is 5.08. The van der Waals surface area contributed by atoms with Gasteiger partial charge in [-0.1, -0.05) is 6.07 Å². The standard InChI is InChI=1S/C32H32F2N4O9S/c1-46-25-14-16(3-9-23(25)34)27(37-24-13-17(29(35)39)4-8-22(24)33)30(40)38-12-11-20(31(41)42)28(38)21-15-18(36-32(43)47-2)5-10-26(21)48(44,45)19-6-7-19/h3-5,8-10,13-15,19-20,27-28,37H,6-7,11-12H2,1-2H3,(H2,35,39)(H,36,43)(H,41,42)/t20?,27-,28?/m0/s1. The molecule has 1 aliphatic heterocycles. The molecule has 1 aliphatic carbocycles. The van der Waals surface area contributed by atoms with Crippen molar-refractivity contribution in [3.8, 4) is 5.75 Å². The minimum absolute atomic E-state index is 0.0496. The highest BCUT2D eigenvalue weighted by atomic mass is 32.2. The second kappa shape index (κ2) is 13.5. The van der Waals surface area contributed by atoms with Gasteiger partial charge in [0.15, 0.2) is 21.4 Å². The van der Waals surface area contributed by atoms with Crippen molar-refractivity contribution in [3.05, 3.63) is 82.9 Å². The number of rotatable bonds is 11. The Balaban J connectivity index is 1.67. The van der Waals surface area contributed by atoms with Gasteiger partial charge in [0, 0.05) is 17.8 Å². The van der Waals surface area contributed by atoms with Crippen molar-refractivity contribution in [2.24, 2.45) is 11.7 Å². The molecule has 16 heteroatoms. The summed E-state index contributed by atoms with van der Waals surface area (Å²) >= 11 is 0. The maximum atomic E-state index is 15.1. The number of carboxylic acids is 1. The number of carbonyl (C=O) groups excluding carboxylic acids is 3. The SMILES string of the molecule is COC(=O)Nc1ccc(S(=O)(=O)C2CC2)c(C2C(C(=O)O)CCN2C(=O)[C@@H](Nc2cc(C(N)=O)ccc2F)c2ccc(F)c(OC)c2)c1. The summed E-state index contributed by atoms with van der Waals surface area (Å²) < 4.78 is 66.6. The van der Waals surface area contributed by atoms with Gasteiger partial charge in [0.2, 0.25) is 11.8 Å². The topological polar surface area (TPSA) is 194 Å². The molecule has 1 heterocycles. The third-order valence-electron chi connectivity index (χ3n) is 8.33. The van der Waals surface area contributed by atoms with Crippen LogP contribution in [0.5, 0.6) is 5.75 Å². The van der Waals surface area contributed by atoms with Gasteiger partial charge in [-0.25, -0.2) is 22.0 Å². The first kappa shape index (κ1) is 34.1. The number of sulfone groups is 1. The number of benzene rings is 3. The summed E-state index contributed by atoms with van der Waals surface area (Å²) in [6.07, 6.45) is -0.168. The van der Waals surface area contributed by atoms with Crippen molar-refractivity contribution >= 4 is 45.1 Å². The Kier molecular flexibility index (Phi) is 9.57. The highest BCUT2D eigenvalue weighted by Crippen LogP contribution is 2.45. The summed E-state index contributed by atoms with van der Waals surface area (Å²) in [6.45, 7) is -0.168. The molecule has 0 spiro atoms. The molecule has 0 radical (unpaired) electrons. The monoisotopic (exact) mass is 686 g/mol. The number of hydrogen-bond donors (Lipinski definition) is 4. The van der Waals surface area contributed by atoms with Crippen molar-refractivity contribution in [3.63, 3.8) is 0 Å². The summed E-state index contributed by atoms with van der Waals surface area (Å²) in [4.78, 5) is 52.1. The third-order valence-corrected chi connectivity index (χ3v) is 10.7. The Labute approximate surface area is 273 Å². The van der Waals surface area contributed by atoms with Crippen LogP contribution in [0.1, 0.15) is 52.8 Å². The molecule has 3 aromatic rings. The van der Waals surface area contributed by atoms with Crippen LogP contribution in [0.4, 0.5) is 25.0 Å². The van der Waals surface area contributed by atoms with Crippen molar-refractivity contribution in [2.45, 2.75) is 41.5 Å². The zero-order valence-corrected chi connectivity index (χ0v) is 26.6. The molecule has 3 atom stereocenters. The molecule has 13 nitrogen and oxygen atoms in total. The molecule has 1 saturated carbocycles. The number of carbonyl (C=O) groups is 4. The zero-order valence-electron chi connectivity index (χ0n) is 25.7. The van der Waals surface area contributed by atoms with Crippen LogP contribution in [0, 0.1) is 17.6 Å². The van der Waals surface area contributed by atoms with Gasteiger partial charge in [0.05, 0.1) is 42.0 Å². The Bertz CT molecular complexity index is 1900. The van der Waals surface area contributed by atoms with Gasteiger partial charge in [0.25, 0.3) is 0 Å². The molecule has 2 unspecified atom stereocenters. The Morgan fingerprint density at radius 1 is 0.979 bits per heavy atom. The molecule has 3 aromatic carbocycles. The predicted molar refractivity (Wildman–Crippen MR) is 167 cm³/mol. The van der Waals surface area contributed by atoms with Crippen LogP contribution in [-0.2, 0) is 24.2 Å². The molecule has 0 bridgehead atoms. The number of anilines is 2. The van der Waals surface area contributed by atoms with Gasteiger partial charge < -0.3 is 30.5 Å². The summed E-state index contributed by atoms with van der Waals surface area (Å²) in [5, 5.41) is 14.8. The number of halogens is 2. The fourth-order valence-electron chi connectivity index (χ4n) is 5.78. The van der Waals surface area contributed by atoms with E-state index in [1.54, 1.807) is 0 Å². The molecule has 5 N–H and O–H groups in total. The van der Waals surface area contributed by atoms with Crippen molar-refractivity contribution in [2.75, 3.05) is 31.4 Å². The van der Waals surface area contributed by atoms with Gasteiger partial charge in [-0.3, -0.25) is 19.7 Å². The number of ether oxygens (including phenoxy) is 2. The molecule has 48 heavy (non-hydrogen) atoms. The maximum Gasteiger partial charge on any atom is 0.411 e. The molecule has 0 aromatic heterocycles. The highest BCUT2D eigenvalue weighted by molar-refractivity contribution is 7.92. The first-order chi connectivity index (χ1) is 22.8. The van der Waals surface area contributed by atoms with E-state index in [-0.39, 0.29) is 51.7 Å². The van der Waals surface area contributed by atoms with E-state index in [0.29, 0.717) is 12.8 Å². The number of primary amides is 1. The fraction of sp³-hybridized carbons (Fsp3) is 0.312. The molecule has 2 fully saturated rings. The number of hydrogen-bond acceptors (Lipinski definition) is 9. The molecular weight excluding hydrogens is 654 g/mol. The molecule has 2 aliphatic rings. The Morgan fingerprint density at radius 3 is 2.31 bits per heavy atom. The van der Waals surface area contributed by atoms with Crippen LogP contribution in [0.3, 0.4) is 0 Å². The number of amides is 3. The summed E-state index contributed by atoms with van der Waals surface area (Å²) in [6, 6.07) is 7.61. The van der Waals surface area contributed by atoms with Gasteiger partial charge >= 0.3 is 12.1 Å². The number of nitrogens with two attached hydrogens (primary N) is 1. The van der Waals surface area contributed by atoms with E-state index >= 15 is 4.39 Å². The molecule has 254 valence electrons. The van der Waals surface area contributed by atoms with Crippen LogP contribution in [0.2, 0.25) is 0 Å². The number of carboxylic acid groups (broad SMARTS) is 1. The Morgan fingerprint density at radius 2 is 1.69 bits per heavy atom. The average Bonchev–Trinajstić information content (AvgIpc) is 3.83. The lowest BCUT2D eigenvalue weighted by Gasteiger charge is -2.33. The van der Waals surface area contributed by atoms with Crippen LogP contribution >= 0.6 is 0 Å². The summed E-state index contributed by atoms with van der Waals surface area (Å²) in [7, 11) is -1.65. The van der Waals surface area contributed by atoms with Crippen LogP contribution in [-0.4, -0.2) is 68.3 Å². The minimum atomic E-state index is -3.98. The second-order valence-electron chi connectivity index (χ2n) is 11.4. The first-order valence-electron chi connectivity index (χ1n) is 14.7. The van der Waals surface area contributed by atoms with E-state index in [1.807, 2.05) is 0 Å². The van der Waals surface area contributed by atoms with Crippen molar-refractivity contribution in [1.82, 2.24) is 4.90 Å². The van der Waals surface area contributed by atoms with E-state index in [1.165, 1.54) is 37.4 Å². The summed E-state index contributed by atoms with van der Waals surface area (Å²) in [5.74, 6) is -6.20. The third kappa shape index (κ3) is 6.74. The van der Waals surface area contributed by atoms with Crippen LogP contribution < -0.4 is 21.1 Å². The average molecular weight is 687 g/mol. The minimum Gasteiger partial charge on any atom is -0.494 e. The Hall–Kier alpha value is -5.25. The van der Waals surface area contributed by atoms with E-state index in [0.717, 1.165) is 36.3 Å². The second-order valence-corrected chi connectivity index (χ2v) is 13.6. The van der Waals surface area contributed by atoms with Crippen LogP contribution in [0.25, 0.3) is 0 Å².